The molecule has 1 aromatic rings. The molecule has 0 unspecified atom stereocenters. The minimum absolute atomic E-state index is 0.0121. The molecule has 0 aliphatic heterocycles. The number of methoxy groups -OCH3 is 1. The summed E-state index contributed by atoms with van der Waals surface area (Å²) in [5.74, 6) is 0.585. The van der Waals surface area contributed by atoms with Crippen molar-refractivity contribution < 1.29 is 14.9 Å². The Morgan fingerprint density at radius 2 is 1.95 bits per heavy atom. The van der Waals surface area contributed by atoms with Crippen LogP contribution in [0.15, 0.2) is 16.6 Å². The second-order valence-corrected chi connectivity index (χ2v) is 6.38. The Bertz CT molecular complexity index is 461. The monoisotopic (exact) mass is 343 g/mol. The molecule has 0 amide bonds. The predicted octanol–water partition coefficient (Wildman–Crippen LogP) is 3.10. The van der Waals surface area contributed by atoms with Crippen molar-refractivity contribution in [1.82, 2.24) is 0 Å². The molecule has 1 aliphatic carbocycles. The largest absolute Gasteiger partial charge is 0.504 e. The second kappa shape index (κ2) is 6.78. The predicted molar refractivity (Wildman–Crippen MR) is 81.9 cm³/mol. The van der Waals surface area contributed by atoms with Gasteiger partial charge in [-0.1, -0.05) is 35.2 Å². The van der Waals surface area contributed by atoms with E-state index in [9.17, 15) is 10.2 Å². The highest BCUT2D eigenvalue weighted by molar-refractivity contribution is 9.10. The van der Waals surface area contributed by atoms with Crippen molar-refractivity contribution in [2.75, 3.05) is 7.11 Å². The zero-order valence-electron chi connectivity index (χ0n) is 11.7. The summed E-state index contributed by atoms with van der Waals surface area (Å²) in [5, 5.41) is 20.7. The average molecular weight is 344 g/mol. The van der Waals surface area contributed by atoms with Gasteiger partial charge < -0.3 is 20.7 Å². The molecule has 4 N–H and O–H groups in total. The van der Waals surface area contributed by atoms with Crippen molar-refractivity contribution in [3.8, 4) is 11.5 Å². The summed E-state index contributed by atoms with van der Waals surface area (Å²) in [5.41, 5.74) is 6.70. The lowest BCUT2D eigenvalue weighted by molar-refractivity contribution is 0.0610. The number of phenolic OH excluding ortho intramolecular Hbond substituents is 1. The molecule has 2 atom stereocenters. The zero-order chi connectivity index (χ0) is 14.7. The molecule has 112 valence electrons. The van der Waals surface area contributed by atoms with Gasteiger partial charge in [0.2, 0.25) is 0 Å². The number of nitrogens with two attached hydrogens (primary N) is 1. The highest BCUT2D eigenvalue weighted by Gasteiger charge is 2.30. The highest BCUT2D eigenvalue weighted by atomic mass is 79.9. The smallest absolute Gasteiger partial charge is 0.162 e. The zero-order valence-corrected chi connectivity index (χ0v) is 13.3. The third kappa shape index (κ3) is 3.27. The van der Waals surface area contributed by atoms with E-state index in [2.05, 4.69) is 15.9 Å². The van der Waals surface area contributed by atoms with Crippen LogP contribution in [0.25, 0.3) is 0 Å². The standard InChI is InChI=1S/C15H22BrNO3/c1-20-12-8-10(16)7-11(15(12)19)13(17)14(18)9-5-3-2-4-6-9/h7-9,13-14,18-19H,2-6,17H2,1H3/t13-,14+/m0/s1. The van der Waals surface area contributed by atoms with Crippen LogP contribution in [0.2, 0.25) is 0 Å². The third-order valence-corrected chi connectivity index (χ3v) is 4.61. The van der Waals surface area contributed by atoms with Gasteiger partial charge in [-0.15, -0.1) is 0 Å². The first kappa shape index (κ1) is 15.6. The summed E-state index contributed by atoms with van der Waals surface area (Å²) in [6.07, 6.45) is 4.88. The number of ether oxygens (including phenoxy) is 1. The Balaban J connectivity index is 2.23. The fourth-order valence-electron chi connectivity index (χ4n) is 2.96. The van der Waals surface area contributed by atoms with Crippen molar-refractivity contribution in [1.29, 1.82) is 0 Å². The molecule has 0 radical (unpaired) electrons. The van der Waals surface area contributed by atoms with E-state index in [-0.39, 0.29) is 11.7 Å². The van der Waals surface area contributed by atoms with Gasteiger partial charge in [0.15, 0.2) is 11.5 Å². The van der Waals surface area contributed by atoms with Crippen LogP contribution in [-0.4, -0.2) is 23.4 Å². The maximum Gasteiger partial charge on any atom is 0.162 e. The quantitative estimate of drug-likeness (QED) is 0.785. The summed E-state index contributed by atoms with van der Waals surface area (Å²) in [6, 6.07) is 2.82. The van der Waals surface area contributed by atoms with Crippen molar-refractivity contribution in [2.24, 2.45) is 11.7 Å². The molecule has 0 saturated heterocycles. The first-order chi connectivity index (χ1) is 9.54. The van der Waals surface area contributed by atoms with Crippen LogP contribution in [0.5, 0.6) is 11.5 Å². The molecular weight excluding hydrogens is 322 g/mol. The number of hydrogen-bond donors (Lipinski definition) is 3. The van der Waals surface area contributed by atoms with Crippen LogP contribution in [0, 0.1) is 5.92 Å². The Kier molecular flexibility index (Phi) is 5.29. The molecule has 1 aliphatic rings. The van der Waals surface area contributed by atoms with Crippen molar-refractivity contribution in [2.45, 2.75) is 44.2 Å². The molecule has 0 bridgehead atoms. The van der Waals surface area contributed by atoms with Gasteiger partial charge in [-0.25, -0.2) is 0 Å². The van der Waals surface area contributed by atoms with Crippen LogP contribution < -0.4 is 10.5 Å². The molecule has 0 spiro atoms. The van der Waals surface area contributed by atoms with Gasteiger partial charge in [-0.2, -0.15) is 0 Å². The van der Waals surface area contributed by atoms with Crippen molar-refractivity contribution in [3.05, 3.63) is 22.2 Å². The SMILES string of the molecule is COc1cc(Br)cc([C@H](N)[C@H](O)C2CCCCC2)c1O. The van der Waals surface area contributed by atoms with Gasteiger partial charge in [0.25, 0.3) is 0 Å². The number of halogens is 1. The molecule has 4 nitrogen and oxygen atoms in total. The van der Waals surface area contributed by atoms with E-state index in [1.54, 1.807) is 12.1 Å². The average Bonchev–Trinajstić information content (AvgIpc) is 2.48. The minimum atomic E-state index is -0.639. The third-order valence-electron chi connectivity index (χ3n) is 4.15. The maximum absolute atomic E-state index is 10.5. The molecule has 0 heterocycles. The lowest BCUT2D eigenvalue weighted by Gasteiger charge is -2.31. The van der Waals surface area contributed by atoms with E-state index >= 15 is 0 Å². The molecule has 1 fully saturated rings. The Hall–Kier alpha value is -0.780. The number of aliphatic hydroxyl groups excluding tert-OH is 1. The van der Waals surface area contributed by atoms with Gasteiger partial charge in [0.05, 0.1) is 19.3 Å². The molecular formula is C15H22BrNO3. The fourth-order valence-corrected chi connectivity index (χ4v) is 3.41. The topological polar surface area (TPSA) is 75.7 Å². The van der Waals surface area contributed by atoms with E-state index in [4.69, 9.17) is 10.5 Å². The lowest BCUT2D eigenvalue weighted by Crippen LogP contribution is -2.34. The van der Waals surface area contributed by atoms with E-state index in [1.165, 1.54) is 13.5 Å². The van der Waals surface area contributed by atoms with Crippen molar-refractivity contribution in [3.63, 3.8) is 0 Å². The van der Waals surface area contributed by atoms with Crippen molar-refractivity contribution >= 4 is 15.9 Å². The number of benzene rings is 1. The maximum atomic E-state index is 10.5. The Morgan fingerprint density at radius 1 is 1.30 bits per heavy atom. The number of hydrogen-bond acceptors (Lipinski definition) is 4. The van der Waals surface area contributed by atoms with E-state index in [0.717, 1.165) is 30.2 Å². The summed E-state index contributed by atoms with van der Waals surface area (Å²) in [4.78, 5) is 0. The van der Waals surface area contributed by atoms with Crippen LogP contribution in [0.3, 0.4) is 0 Å². The normalized spacial score (nSPS) is 19.6. The van der Waals surface area contributed by atoms with Gasteiger partial charge in [0.1, 0.15) is 0 Å². The summed E-state index contributed by atoms with van der Waals surface area (Å²) in [7, 11) is 1.49. The summed E-state index contributed by atoms with van der Waals surface area (Å²) >= 11 is 3.37. The molecule has 5 heteroatoms. The molecule has 0 aromatic heterocycles. The highest BCUT2D eigenvalue weighted by Crippen LogP contribution is 2.39. The van der Waals surface area contributed by atoms with E-state index in [1.807, 2.05) is 0 Å². The van der Waals surface area contributed by atoms with Crippen LogP contribution in [-0.2, 0) is 0 Å². The van der Waals surface area contributed by atoms with Crippen LogP contribution in [0.4, 0.5) is 0 Å². The Morgan fingerprint density at radius 3 is 2.55 bits per heavy atom. The molecule has 2 rings (SSSR count). The summed E-state index contributed by atoms with van der Waals surface area (Å²) in [6.45, 7) is 0. The molecule has 1 saturated carbocycles. The first-order valence-electron chi connectivity index (χ1n) is 7.04. The Labute approximate surface area is 128 Å². The number of aromatic hydroxyl groups is 1. The number of rotatable bonds is 4. The lowest BCUT2D eigenvalue weighted by atomic mass is 9.81. The van der Waals surface area contributed by atoms with Gasteiger partial charge >= 0.3 is 0 Å². The first-order valence-corrected chi connectivity index (χ1v) is 7.84. The van der Waals surface area contributed by atoms with Gasteiger partial charge in [-0.05, 0) is 30.9 Å². The minimum Gasteiger partial charge on any atom is -0.504 e. The number of aliphatic hydroxyl groups is 1. The molecule has 20 heavy (non-hydrogen) atoms. The van der Waals surface area contributed by atoms with E-state index < -0.39 is 12.1 Å². The number of phenols is 1. The van der Waals surface area contributed by atoms with Gasteiger partial charge in [-0.3, -0.25) is 0 Å². The van der Waals surface area contributed by atoms with Gasteiger partial charge in [0, 0.05) is 10.0 Å². The summed E-state index contributed by atoms with van der Waals surface area (Å²) < 4.78 is 5.90. The second-order valence-electron chi connectivity index (χ2n) is 5.46. The van der Waals surface area contributed by atoms with E-state index in [0.29, 0.717) is 11.3 Å². The molecule has 1 aromatic carbocycles. The van der Waals surface area contributed by atoms with Crippen LogP contribution >= 0.6 is 15.9 Å². The fraction of sp³-hybridized carbons (Fsp3) is 0.600. The van der Waals surface area contributed by atoms with Crippen LogP contribution in [0.1, 0.15) is 43.7 Å².